The number of hydrogen-bond acceptors (Lipinski definition) is 3. The van der Waals surface area contributed by atoms with Crippen LogP contribution in [0.25, 0.3) is 0 Å². The molecule has 0 heterocycles. The molecule has 0 atom stereocenters. The van der Waals surface area contributed by atoms with Crippen molar-refractivity contribution in [3.63, 3.8) is 0 Å². The third-order valence-corrected chi connectivity index (χ3v) is 2.99. The van der Waals surface area contributed by atoms with Gasteiger partial charge in [-0.25, -0.2) is 0 Å². The molecule has 3 nitrogen and oxygen atoms in total. The smallest absolute Gasteiger partial charge is 0.119 e. The predicted molar refractivity (Wildman–Crippen MR) is 81.4 cm³/mol. The molecule has 0 saturated carbocycles. The molecule has 2 rings (SSSR count). The highest BCUT2D eigenvalue weighted by Gasteiger charge is 2.03. The molecule has 0 unspecified atom stereocenters. The molecule has 100 valence electrons. The first-order chi connectivity index (χ1) is 9.20. The van der Waals surface area contributed by atoms with Crippen molar-refractivity contribution in [2.45, 2.75) is 13.3 Å². The van der Waals surface area contributed by atoms with Gasteiger partial charge in [0.1, 0.15) is 5.75 Å². The standard InChI is InChI=1S/C15H17ClN2O/c1-2-10-19-12-8-6-11(7-9-12)18-14-5-3-4-13(16)15(14)17/h3-9,18H,2,10,17H2,1H3. The van der Waals surface area contributed by atoms with E-state index in [4.69, 9.17) is 22.1 Å². The number of benzene rings is 2. The minimum Gasteiger partial charge on any atom is -0.494 e. The molecule has 0 radical (unpaired) electrons. The molecular weight excluding hydrogens is 260 g/mol. The fourth-order valence-electron chi connectivity index (χ4n) is 1.66. The summed E-state index contributed by atoms with van der Waals surface area (Å²) in [6.45, 7) is 2.81. The minimum absolute atomic E-state index is 0.549. The molecule has 0 aliphatic rings. The molecule has 0 spiro atoms. The molecule has 0 aliphatic heterocycles. The van der Waals surface area contributed by atoms with Crippen molar-refractivity contribution >= 4 is 28.7 Å². The average molecular weight is 277 g/mol. The molecule has 0 saturated heterocycles. The van der Waals surface area contributed by atoms with Crippen LogP contribution in [-0.2, 0) is 0 Å². The predicted octanol–water partition coefficient (Wildman–Crippen LogP) is 4.45. The Morgan fingerprint density at radius 2 is 1.89 bits per heavy atom. The monoisotopic (exact) mass is 276 g/mol. The van der Waals surface area contributed by atoms with Crippen molar-refractivity contribution in [3.8, 4) is 5.75 Å². The number of halogens is 1. The zero-order chi connectivity index (χ0) is 13.7. The zero-order valence-corrected chi connectivity index (χ0v) is 11.6. The van der Waals surface area contributed by atoms with E-state index in [1.54, 1.807) is 6.07 Å². The topological polar surface area (TPSA) is 47.3 Å². The highest BCUT2D eigenvalue weighted by molar-refractivity contribution is 6.33. The molecule has 2 aromatic rings. The van der Waals surface area contributed by atoms with Gasteiger partial charge in [0.05, 0.1) is 23.0 Å². The first kappa shape index (κ1) is 13.6. The molecular formula is C15H17ClN2O. The second kappa shape index (κ2) is 6.34. The van der Waals surface area contributed by atoms with Crippen LogP contribution < -0.4 is 15.8 Å². The lowest BCUT2D eigenvalue weighted by Gasteiger charge is -2.11. The molecule has 3 N–H and O–H groups in total. The first-order valence-corrected chi connectivity index (χ1v) is 6.62. The summed E-state index contributed by atoms with van der Waals surface area (Å²) in [5.41, 5.74) is 8.20. The molecule has 0 bridgehead atoms. The quantitative estimate of drug-likeness (QED) is 0.793. The van der Waals surface area contributed by atoms with Crippen molar-refractivity contribution in [1.82, 2.24) is 0 Å². The van der Waals surface area contributed by atoms with Crippen molar-refractivity contribution in [2.75, 3.05) is 17.7 Å². The summed E-state index contributed by atoms with van der Waals surface area (Å²) in [5, 5.41) is 3.78. The van der Waals surface area contributed by atoms with Crippen LogP contribution in [0, 0.1) is 0 Å². The van der Waals surface area contributed by atoms with Gasteiger partial charge in [-0.05, 0) is 42.8 Å². The van der Waals surface area contributed by atoms with Gasteiger partial charge < -0.3 is 15.8 Å². The maximum atomic E-state index is 5.98. The van der Waals surface area contributed by atoms with Crippen LogP contribution in [0.5, 0.6) is 5.75 Å². The van der Waals surface area contributed by atoms with E-state index in [0.717, 1.165) is 30.2 Å². The Labute approximate surface area is 118 Å². The number of nitrogens with one attached hydrogen (secondary N) is 1. The van der Waals surface area contributed by atoms with Crippen LogP contribution in [0.2, 0.25) is 5.02 Å². The van der Waals surface area contributed by atoms with Gasteiger partial charge in [0.25, 0.3) is 0 Å². The van der Waals surface area contributed by atoms with Crippen LogP contribution in [0.1, 0.15) is 13.3 Å². The van der Waals surface area contributed by atoms with E-state index in [9.17, 15) is 0 Å². The first-order valence-electron chi connectivity index (χ1n) is 6.24. The summed E-state index contributed by atoms with van der Waals surface area (Å²) in [7, 11) is 0. The number of rotatable bonds is 5. The normalized spacial score (nSPS) is 10.2. The van der Waals surface area contributed by atoms with Crippen LogP contribution >= 0.6 is 11.6 Å². The second-order valence-corrected chi connectivity index (χ2v) is 4.61. The molecule has 0 aromatic heterocycles. The maximum absolute atomic E-state index is 5.98. The summed E-state index contributed by atoms with van der Waals surface area (Å²) >= 11 is 5.98. The number of nitrogen functional groups attached to an aromatic ring is 1. The van der Waals surface area contributed by atoms with E-state index in [-0.39, 0.29) is 0 Å². The molecule has 0 aliphatic carbocycles. The van der Waals surface area contributed by atoms with Gasteiger partial charge >= 0.3 is 0 Å². The fourth-order valence-corrected chi connectivity index (χ4v) is 1.83. The van der Waals surface area contributed by atoms with Crippen LogP contribution in [0.3, 0.4) is 0 Å². The van der Waals surface area contributed by atoms with E-state index in [0.29, 0.717) is 10.7 Å². The van der Waals surface area contributed by atoms with E-state index in [1.165, 1.54) is 0 Å². The third kappa shape index (κ3) is 3.55. The second-order valence-electron chi connectivity index (χ2n) is 4.20. The Kier molecular flexibility index (Phi) is 4.53. The lowest BCUT2D eigenvalue weighted by molar-refractivity contribution is 0.317. The van der Waals surface area contributed by atoms with Crippen molar-refractivity contribution < 1.29 is 4.74 Å². The summed E-state index contributed by atoms with van der Waals surface area (Å²) < 4.78 is 5.53. The van der Waals surface area contributed by atoms with Crippen LogP contribution in [-0.4, -0.2) is 6.61 Å². The summed E-state index contributed by atoms with van der Waals surface area (Å²) in [6.07, 6.45) is 0.999. The van der Waals surface area contributed by atoms with Gasteiger partial charge in [-0.3, -0.25) is 0 Å². The maximum Gasteiger partial charge on any atom is 0.119 e. The van der Waals surface area contributed by atoms with Gasteiger partial charge in [0.2, 0.25) is 0 Å². The zero-order valence-electron chi connectivity index (χ0n) is 10.8. The highest BCUT2D eigenvalue weighted by atomic mass is 35.5. The summed E-state index contributed by atoms with van der Waals surface area (Å²) in [6, 6.07) is 13.3. The van der Waals surface area contributed by atoms with E-state index >= 15 is 0 Å². The summed E-state index contributed by atoms with van der Waals surface area (Å²) in [5.74, 6) is 0.867. The number of para-hydroxylation sites is 1. The third-order valence-electron chi connectivity index (χ3n) is 2.66. The number of hydrogen-bond donors (Lipinski definition) is 2. The number of anilines is 3. The molecule has 0 fully saturated rings. The Bertz CT molecular complexity index is 540. The minimum atomic E-state index is 0.549. The van der Waals surface area contributed by atoms with Crippen molar-refractivity contribution in [1.29, 1.82) is 0 Å². The van der Waals surface area contributed by atoms with Crippen LogP contribution in [0.4, 0.5) is 17.1 Å². The molecule has 2 aromatic carbocycles. The summed E-state index contributed by atoms with van der Waals surface area (Å²) in [4.78, 5) is 0. The largest absolute Gasteiger partial charge is 0.494 e. The van der Waals surface area contributed by atoms with Gasteiger partial charge in [-0.1, -0.05) is 24.6 Å². The van der Waals surface area contributed by atoms with E-state index in [1.807, 2.05) is 36.4 Å². The molecule has 19 heavy (non-hydrogen) atoms. The van der Waals surface area contributed by atoms with Crippen molar-refractivity contribution in [3.05, 3.63) is 47.5 Å². The Hall–Kier alpha value is -1.87. The lowest BCUT2D eigenvalue weighted by Crippen LogP contribution is -1.97. The Morgan fingerprint density at radius 1 is 1.16 bits per heavy atom. The average Bonchev–Trinajstić information content (AvgIpc) is 2.43. The fraction of sp³-hybridized carbons (Fsp3) is 0.200. The Morgan fingerprint density at radius 3 is 2.58 bits per heavy atom. The van der Waals surface area contributed by atoms with E-state index in [2.05, 4.69) is 12.2 Å². The highest BCUT2D eigenvalue weighted by Crippen LogP contribution is 2.29. The number of nitrogens with two attached hydrogens (primary N) is 1. The Balaban J connectivity index is 2.09. The number of ether oxygens (including phenoxy) is 1. The molecule has 4 heteroatoms. The SMILES string of the molecule is CCCOc1ccc(Nc2cccc(Cl)c2N)cc1. The van der Waals surface area contributed by atoms with Gasteiger partial charge in [-0.15, -0.1) is 0 Å². The van der Waals surface area contributed by atoms with Gasteiger partial charge in [-0.2, -0.15) is 0 Å². The van der Waals surface area contributed by atoms with Gasteiger partial charge in [0, 0.05) is 5.69 Å². The van der Waals surface area contributed by atoms with Gasteiger partial charge in [0.15, 0.2) is 0 Å². The molecule has 0 amide bonds. The van der Waals surface area contributed by atoms with E-state index < -0.39 is 0 Å². The lowest BCUT2D eigenvalue weighted by atomic mass is 10.2. The van der Waals surface area contributed by atoms with Crippen molar-refractivity contribution in [2.24, 2.45) is 0 Å². The van der Waals surface area contributed by atoms with Crippen LogP contribution in [0.15, 0.2) is 42.5 Å².